The highest BCUT2D eigenvalue weighted by atomic mass is 16.5. The summed E-state index contributed by atoms with van der Waals surface area (Å²) in [6.45, 7) is 3.40. The smallest absolute Gasteiger partial charge is 0.229 e. The summed E-state index contributed by atoms with van der Waals surface area (Å²) in [6.07, 6.45) is 2.60. The Morgan fingerprint density at radius 1 is 1.56 bits per heavy atom. The second kappa shape index (κ2) is 5.87. The lowest BCUT2D eigenvalue weighted by Crippen LogP contribution is -2.33. The maximum atomic E-state index is 12.2. The molecule has 0 bridgehead atoms. The second-order valence-corrected chi connectivity index (χ2v) is 4.57. The minimum absolute atomic E-state index is 0.0904. The minimum atomic E-state index is 0.0904. The molecule has 4 nitrogen and oxygen atoms in total. The molecule has 0 aromatic heterocycles. The maximum absolute atomic E-state index is 12.2. The first-order valence-electron chi connectivity index (χ1n) is 6.48. The highest BCUT2D eigenvalue weighted by Crippen LogP contribution is 2.21. The molecule has 1 aliphatic rings. The molecule has 1 amide bonds. The molecular formula is C14H20N2O2. The molecule has 1 saturated heterocycles. The van der Waals surface area contributed by atoms with E-state index >= 15 is 0 Å². The average molecular weight is 248 g/mol. The topological polar surface area (TPSA) is 55.6 Å². The van der Waals surface area contributed by atoms with Gasteiger partial charge in [0.1, 0.15) is 0 Å². The Hall–Kier alpha value is -1.55. The van der Waals surface area contributed by atoms with Crippen molar-refractivity contribution in [1.29, 1.82) is 0 Å². The van der Waals surface area contributed by atoms with Gasteiger partial charge in [-0.15, -0.1) is 0 Å². The van der Waals surface area contributed by atoms with Crippen molar-refractivity contribution in [3.05, 3.63) is 24.3 Å². The van der Waals surface area contributed by atoms with Crippen LogP contribution in [0.1, 0.15) is 26.2 Å². The van der Waals surface area contributed by atoms with Crippen LogP contribution >= 0.6 is 0 Å². The quantitative estimate of drug-likeness (QED) is 0.831. The Balaban J connectivity index is 2.05. The third-order valence-electron chi connectivity index (χ3n) is 3.23. The van der Waals surface area contributed by atoms with Crippen molar-refractivity contribution < 1.29 is 9.53 Å². The summed E-state index contributed by atoms with van der Waals surface area (Å²) < 4.78 is 5.51. The lowest BCUT2D eigenvalue weighted by Gasteiger charge is -2.22. The third kappa shape index (κ3) is 3.01. The van der Waals surface area contributed by atoms with Gasteiger partial charge < -0.3 is 15.4 Å². The third-order valence-corrected chi connectivity index (χ3v) is 3.23. The van der Waals surface area contributed by atoms with E-state index in [1.165, 1.54) is 0 Å². The van der Waals surface area contributed by atoms with Crippen LogP contribution in [0.5, 0.6) is 0 Å². The van der Waals surface area contributed by atoms with Gasteiger partial charge in [0, 0.05) is 24.5 Å². The molecule has 2 N–H and O–H groups in total. The Labute approximate surface area is 108 Å². The molecule has 1 aliphatic heterocycles. The van der Waals surface area contributed by atoms with Gasteiger partial charge in [-0.25, -0.2) is 0 Å². The number of ether oxygens (including phenoxy) is 1. The predicted molar refractivity (Wildman–Crippen MR) is 72.5 cm³/mol. The number of benzene rings is 1. The second-order valence-electron chi connectivity index (χ2n) is 4.57. The van der Waals surface area contributed by atoms with E-state index in [2.05, 4.69) is 0 Å². The first-order valence-corrected chi connectivity index (χ1v) is 6.48. The van der Waals surface area contributed by atoms with Gasteiger partial charge in [0.2, 0.25) is 5.91 Å². The van der Waals surface area contributed by atoms with Crippen LogP contribution in [0.3, 0.4) is 0 Å². The molecule has 18 heavy (non-hydrogen) atoms. The highest BCUT2D eigenvalue weighted by Gasteiger charge is 2.22. The summed E-state index contributed by atoms with van der Waals surface area (Å²) in [5.41, 5.74) is 7.29. The molecule has 2 rings (SSSR count). The van der Waals surface area contributed by atoms with Crippen LogP contribution in [0.2, 0.25) is 0 Å². The maximum Gasteiger partial charge on any atom is 0.229 e. The Bertz CT molecular complexity index is 414. The SMILES string of the molecule is CCN(C(=O)CC1CCCO1)c1cccc(N)c1. The van der Waals surface area contributed by atoms with Crippen LogP contribution in [0, 0.1) is 0 Å². The fraction of sp³-hybridized carbons (Fsp3) is 0.500. The number of nitrogens with zero attached hydrogens (tertiary/aromatic N) is 1. The highest BCUT2D eigenvalue weighted by molar-refractivity contribution is 5.94. The predicted octanol–water partition coefficient (Wildman–Crippen LogP) is 2.19. The van der Waals surface area contributed by atoms with Crippen molar-refractivity contribution in [1.82, 2.24) is 0 Å². The number of amides is 1. The van der Waals surface area contributed by atoms with Gasteiger partial charge in [-0.3, -0.25) is 4.79 Å². The van der Waals surface area contributed by atoms with Crippen LogP contribution in [-0.2, 0) is 9.53 Å². The fourth-order valence-electron chi connectivity index (χ4n) is 2.31. The summed E-state index contributed by atoms with van der Waals surface area (Å²) in [7, 11) is 0. The number of hydrogen-bond acceptors (Lipinski definition) is 3. The zero-order valence-electron chi connectivity index (χ0n) is 10.8. The van der Waals surface area contributed by atoms with Crippen LogP contribution in [0.25, 0.3) is 0 Å². The molecule has 1 fully saturated rings. The largest absolute Gasteiger partial charge is 0.399 e. The average Bonchev–Trinajstić information content (AvgIpc) is 2.83. The van der Waals surface area contributed by atoms with Crippen molar-refractivity contribution in [3.8, 4) is 0 Å². The van der Waals surface area contributed by atoms with Crippen molar-refractivity contribution in [2.24, 2.45) is 0 Å². The summed E-state index contributed by atoms with van der Waals surface area (Å²) in [5, 5.41) is 0. The molecule has 1 atom stereocenters. The summed E-state index contributed by atoms with van der Waals surface area (Å²) in [4.78, 5) is 14.0. The van der Waals surface area contributed by atoms with Crippen LogP contribution in [0.4, 0.5) is 11.4 Å². The standard InChI is InChI=1S/C14H20N2O2/c1-2-16(12-6-3-5-11(15)9-12)14(17)10-13-7-4-8-18-13/h3,5-6,9,13H,2,4,7-8,10,15H2,1H3. The molecule has 4 heteroatoms. The fourth-order valence-corrected chi connectivity index (χ4v) is 2.31. The van der Waals surface area contributed by atoms with Gasteiger partial charge >= 0.3 is 0 Å². The number of hydrogen-bond donors (Lipinski definition) is 1. The van der Waals surface area contributed by atoms with E-state index in [4.69, 9.17) is 10.5 Å². The molecule has 0 aliphatic carbocycles. The van der Waals surface area contributed by atoms with E-state index < -0.39 is 0 Å². The summed E-state index contributed by atoms with van der Waals surface area (Å²) >= 11 is 0. The van der Waals surface area contributed by atoms with E-state index in [0.29, 0.717) is 18.7 Å². The summed E-state index contributed by atoms with van der Waals surface area (Å²) in [5.74, 6) is 0.106. The molecule has 1 unspecified atom stereocenters. The van der Waals surface area contributed by atoms with E-state index in [1.54, 1.807) is 4.90 Å². The molecular weight excluding hydrogens is 228 g/mol. The molecule has 1 heterocycles. The Morgan fingerprint density at radius 2 is 2.39 bits per heavy atom. The van der Waals surface area contributed by atoms with E-state index in [-0.39, 0.29) is 12.0 Å². The number of nitrogen functional groups attached to an aromatic ring is 1. The minimum Gasteiger partial charge on any atom is -0.399 e. The lowest BCUT2D eigenvalue weighted by atomic mass is 10.1. The molecule has 0 radical (unpaired) electrons. The number of carbonyl (C=O) groups is 1. The van der Waals surface area contributed by atoms with E-state index in [9.17, 15) is 4.79 Å². The van der Waals surface area contributed by atoms with Crippen molar-refractivity contribution in [2.45, 2.75) is 32.3 Å². The molecule has 98 valence electrons. The first-order chi connectivity index (χ1) is 8.70. The number of carbonyl (C=O) groups excluding carboxylic acids is 1. The first kappa shape index (κ1) is 12.9. The van der Waals surface area contributed by atoms with Crippen LogP contribution in [0.15, 0.2) is 24.3 Å². The number of rotatable bonds is 4. The summed E-state index contributed by atoms with van der Waals surface area (Å²) in [6, 6.07) is 7.43. The van der Waals surface area contributed by atoms with Crippen LogP contribution < -0.4 is 10.6 Å². The van der Waals surface area contributed by atoms with Crippen molar-refractivity contribution in [3.63, 3.8) is 0 Å². The molecule has 1 aromatic carbocycles. The number of nitrogens with two attached hydrogens (primary N) is 1. The molecule has 0 saturated carbocycles. The Morgan fingerprint density at radius 3 is 3.00 bits per heavy atom. The van der Waals surface area contributed by atoms with Gasteiger partial charge in [-0.05, 0) is 38.0 Å². The van der Waals surface area contributed by atoms with Crippen molar-refractivity contribution >= 4 is 17.3 Å². The monoisotopic (exact) mass is 248 g/mol. The zero-order valence-corrected chi connectivity index (χ0v) is 10.8. The van der Waals surface area contributed by atoms with E-state index in [1.807, 2.05) is 31.2 Å². The van der Waals surface area contributed by atoms with Crippen molar-refractivity contribution in [2.75, 3.05) is 23.8 Å². The van der Waals surface area contributed by atoms with Gasteiger partial charge in [-0.1, -0.05) is 6.07 Å². The number of anilines is 2. The lowest BCUT2D eigenvalue weighted by molar-refractivity contribution is -0.120. The zero-order chi connectivity index (χ0) is 13.0. The van der Waals surface area contributed by atoms with Gasteiger partial charge in [0.25, 0.3) is 0 Å². The van der Waals surface area contributed by atoms with Gasteiger partial charge in [0.05, 0.1) is 12.5 Å². The molecule has 0 spiro atoms. The molecule has 1 aromatic rings. The Kier molecular flexibility index (Phi) is 4.20. The normalized spacial score (nSPS) is 18.8. The van der Waals surface area contributed by atoms with Gasteiger partial charge in [0.15, 0.2) is 0 Å². The van der Waals surface area contributed by atoms with E-state index in [0.717, 1.165) is 25.1 Å². The van der Waals surface area contributed by atoms with Crippen LogP contribution in [-0.4, -0.2) is 25.2 Å². The van der Waals surface area contributed by atoms with Gasteiger partial charge in [-0.2, -0.15) is 0 Å².